The van der Waals surface area contributed by atoms with Crippen LogP contribution in [0.4, 0.5) is 5.69 Å². The van der Waals surface area contributed by atoms with Gasteiger partial charge in [0.1, 0.15) is 0 Å². The lowest BCUT2D eigenvalue weighted by Crippen LogP contribution is -2.18. The minimum atomic E-state index is 0.0368. The third-order valence-electron chi connectivity index (χ3n) is 1.59. The summed E-state index contributed by atoms with van der Waals surface area (Å²) in [6, 6.07) is 5.50. The maximum absolute atomic E-state index is 11.0. The van der Waals surface area contributed by atoms with Gasteiger partial charge < -0.3 is 5.32 Å². The van der Waals surface area contributed by atoms with Crippen LogP contribution in [0.15, 0.2) is 23.1 Å². The normalized spacial score (nSPS) is 15.2. The molecule has 1 aromatic rings. The van der Waals surface area contributed by atoms with Crippen LogP contribution in [-0.2, 0) is 4.79 Å². The standard InChI is InChI=1S/C8H6ClNOS/c9-5-2-1-3-6-8(5)12-4-7(11)10-6/h1-3H,4H2,(H,10,11). The van der Waals surface area contributed by atoms with Gasteiger partial charge in [-0.25, -0.2) is 0 Å². The summed E-state index contributed by atoms with van der Waals surface area (Å²) in [7, 11) is 0. The minimum absolute atomic E-state index is 0.0368. The molecule has 1 aliphatic rings. The molecule has 0 radical (unpaired) electrons. The Kier molecular flexibility index (Phi) is 1.98. The quantitative estimate of drug-likeness (QED) is 0.695. The first-order chi connectivity index (χ1) is 5.77. The van der Waals surface area contributed by atoms with Crippen molar-refractivity contribution in [2.24, 2.45) is 0 Å². The number of halogens is 1. The third kappa shape index (κ3) is 1.30. The highest BCUT2D eigenvalue weighted by Crippen LogP contribution is 2.36. The summed E-state index contributed by atoms with van der Waals surface area (Å²) in [6.07, 6.45) is 0. The van der Waals surface area contributed by atoms with Gasteiger partial charge in [-0.2, -0.15) is 0 Å². The molecule has 2 rings (SSSR count). The Morgan fingerprint density at radius 2 is 2.33 bits per heavy atom. The van der Waals surface area contributed by atoms with Gasteiger partial charge in [-0.1, -0.05) is 17.7 Å². The van der Waals surface area contributed by atoms with Crippen molar-refractivity contribution in [2.75, 3.05) is 11.1 Å². The lowest BCUT2D eigenvalue weighted by Gasteiger charge is -2.16. The van der Waals surface area contributed by atoms with E-state index in [0.29, 0.717) is 10.8 Å². The number of rotatable bonds is 0. The second-order valence-corrected chi connectivity index (χ2v) is 3.85. The molecule has 12 heavy (non-hydrogen) atoms. The fourth-order valence-corrected chi connectivity index (χ4v) is 2.24. The number of hydrogen-bond donors (Lipinski definition) is 1. The topological polar surface area (TPSA) is 29.1 Å². The summed E-state index contributed by atoms with van der Waals surface area (Å²) in [5, 5.41) is 3.46. The van der Waals surface area contributed by atoms with E-state index in [2.05, 4.69) is 5.32 Å². The lowest BCUT2D eigenvalue weighted by atomic mass is 10.3. The number of nitrogens with one attached hydrogen (secondary N) is 1. The van der Waals surface area contributed by atoms with E-state index in [4.69, 9.17) is 11.6 Å². The number of fused-ring (bicyclic) bond motifs is 1. The predicted octanol–water partition coefficient (Wildman–Crippen LogP) is 2.38. The summed E-state index contributed by atoms with van der Waals surface area (Å²) in [5.74, 6) is 0.492. The molecule has 1 aliphatic heterocycles. The molecule has 1 heterocycles. The molecular weight excluding hydrogens is 194 g/mol. The summed E-state index contributed by atoms with van der Waals surface area (Å²) in [6.45, 7) is 0. The first-order valence-corrected chi connectivity index (χ1v) is 4.85. The predicted molar refractivity (Wildman–Crippen MR) is 50.8 cm³/mol. The number of benzene rings is 1. The Morgan fingerprint density at radius 1 is 1.50 bits per heavy atom. The molecule has 1 amide bonds. The Labute approximate surface area is 79.3 Å². The van der Waals surface area contributed by atoms with E-state index in [1.165, 1.54) is 11.8 Å². The van der Waals surface area contributed by atoms with Crippen molar-refractivity contribution in [3.63, 3.8) is 0 Å². The number of anilines is 1. The highest BCUT2D eigenvalue weighted by atomic mass is 35.5. The highest BCUT2D eigenvalue weighted by Gasteiger charge is 2.16. The van der Waals surface area contributed by atoms with Gasteiger partial charge in [0.15, 0.2) is 0 Å². The number of thioether (sulfide) groups is 1. The second-order valence-electron chi connectivity index (χ2n) is 2.45. The van der Waals surface area contributed by atoms with Crippen molar-refractivity contribution in [1.82, 2.24) is 0 Å². The minimum Gasteiger partial charge on any atom is -0.324 e. The van der Waals surface area contributed by atoms with E-state index in [1.807, 2.05) is 18.2 Å². The van der Waals surface area contributed by atoms with Crippen molar-refractivity contribution in [2.45, 2.75) is 4.90 Å². The maximum Gasteiger partial charge on any atom is 0.234 e. The first-order valence-electron chi connectivity index (χ1n) is 3.48. The van der Waals surface area contributed by atoms with E-state index in [9.17, 15) is 4.79 Å². The van der Waals surface area contributed by atoms with Crippen LogP contribution in [0, 0.1) is 0 Å². The Balaban J connectivity index is 2.48. The average molecular weight is 200 g/mol. The zero-order valence-electron chi connectivity index (χ0n) is 6.13. The number of carbonyl (C=O) groups is 1. The van der Waals surface area contributed by atoms with Crippen molar-refractivity contribution in [1.29, 1.82) is 0 Å². The Hall–Kier alpha value is -0.670. The fourth-order valence-electron chi connectivity index (χ4n) is 1.08. The number of amides is 1. The highest BCUT2D eigenvalue weighted by molar-refractivity contribution is 8.00. The zero-order chi connectivity index (χ0) is 8.55. The molecule has 0 spiro atoms. The van der Waals surface area contributed by atoms with Gasteiger partial charge in [-0.05, 0) is 12.1 Å². The van der Waals surface area contributed by atoms with Crippen molar-refractivity contribution in [3.8, 4) is 0 Å². The van der Waals surface area contributed by atoms with Crippen LogP contribution in [0.2, 0.25) is 5.02 Å². The summed E-state index contributed by atoms with van der Waals surface area (Å²) in [4.78, 5) is 11.9. The summed E-state index contributed by atoms with van der Waals surface area (Å²) >= 11 is 7.40. The maximum atomic E-state index is 11.0. The van der Waals surface area contributed by atoms with Gasteiger partial charge >= 0.3 is 0 Å². The van der Waals surface area contributed by atoms with E-state index in [0.717, 1.165) is 10.6 Å². The molecule has 0 bridgehead atoms. The van der Waals surface area contributed by atoms with Gasteiger partial charge in [-0.3, -0.25) is 4.79 Å². The molecule has 1 N–H and O–H groups in total. The summed E-state index contributed by atoms with van der Waals surface area (Å²) < 4.78 is 0. The average Bonchev–Trinajstić information content (AvgIpc) is 2.04. The summed E-state index contributed by atoms with van der Waals surface area (Å²) in [5.41, 5.74) is 0.823. The molecule has 1 aromatic carbocycles. The molecule has 0 fully saturated rings. The molecular formula is C8H6ClNOS. The fraction of sp³-hybridized carbons (Fsp3) is 0.125. The van der Waals surface area contributed by atoms with Gasteiger partial charge in [0.05, 0.1) is 21.4 Å². The van der Waals surface area contributed by atoms with Crippen LogP contribution in [-0.4, -0.2) is 11.7 Å². The molecule has 62 valence electrons. The Morgan fingerprint density at radius 3 is 3.17 bits per heavy atom. The largest absolute Gasteiger partial charge is 0.324 e. The molecule has 0 atom stereocenters. The molecule has 0 aliphatic carbocycles. The first kappa shape index (κ1) is 7.95. The van der Waals surface area contributed by atoms with Crippen LogP contribution < -0.4 is 5.32 Å². The lowest BCUT2D eigenvalue weighted by molar-refractivity contribution is -0.113. The zero-order valence-corrected chi connectivity index (χ0v) is 7.71. The number of carbonyl (C=O) groups excluding carboxylic acids is 1. The van der Waals surface area contributed by atoms with Gasteiger partial charge in [0.2, 0.25) is 5.91 Å². The van der Waals surface area contributed by atoms with Crippen LogP contribution >= 0.6 is 23.4 Å². The van der Waals surface area contributed by atoms with Crippen molar-refractivity contribution >= 4 is 35.0 Å². The van der Waals surface area contributed by atoms with Gasteiger partial charge in [0.25, 0.3) is 0 Å². The van der Waals surface area contributed by atoms with Crippen LogP contribution in [0.3, 0.4) is 0 Å². The molecule has 0 unspecified atom stereocenters. The van der Waals surface area contributed by atoms with Crippen LogP contribution in [0.5, 0.6) is 0 Å². The third-order valence-corrected chi connectivity index (χ3v) is 3.15. The van der Waals surface area contributed by atoms with Crippen molar-refractivity contribution in [3.05, 3.63) is 23.2 Å². The van der Waals surface area contributed by atoms with E-state index < -0.39 is 0 Å². The van der Waals surface area contributed by atoms with Crippen LogP contribution in [0.25, 0.3) is 0 Å². The number of hydrogen-bond acceptors (Lipinski definition) is 2. The smallest absolute Gasteiger partial charge is 0.234 e. The van der Waals surface area contributed by atoms with Gasteiger partial charge in [0, 0.05) is 0 Å². The van der Waals surface area contributed by atoms with E-state index in [1.54, 1.807) is 0 Å². The van der Waals surface area contributed by atoms with E-state index in [-0.39, 0.29) is 5.91 Å². The van der Waals surface area contributed by atoms with E-state index >= 15 is 0 Å². The Bertz CT molecular complexity index is 340. The molecule has 2 nitrogen and oxygen atoms in total. The molecule has 4 heteroatoms. The SMILES string of the molecule is O=C1CSc2c(Cl)cccc2N1. The monoisotopic (exact) mass is 199 g/mol. The molecule has 0 saturated heterocycles. The van der Waals surface area contributed by atoms with Crippen molar-refractivity contribution < 1.29 is 4.79 Å². The molecule has 0 aromatic heterocycles. The van der Waals surface area contributed by atoms with Crippen LogP contribution in [0.1, 0.15) is 0 Å². The molecule has 0 saturated carbocycles. The van der Waals surface area contributed by atoms with Gasteiger partial charge in [-0.15, -0.1) is 11.8 Å². The second kappa shape index (κ2) is 2.99.